The molecular formula is C23H18N3O4+. The number of pyridine rings is 2. The fourth-order valence-electron chi connectivity index (χ4n) is 3.14. The minimum absolute atomic E-state index is 0.179. The van der Waals surface area contributed by atoms with E-state index in [9.17, 15) is 10.0 Å². The van der Waals surface area contributed by atoms with Crippen LogP contribution in [0.4, 0.5) is 0 Å². The number of hydroxylamine groups is 1. The van der Waals surface area contributed by atoms with Crippen molar-refractivity contribution in [2.75, 3.05) is 6.61 Å². The van der Waals surface area contributed by atoms with Crippen LogP contribution in [-0.2, 0) is 0 Å². The molecule has 0 saturated heterocycles. The molecule has 1 aromatic carbocycles. The van der Waals surface area contributed by atoms with E-state index < -0.39 is 5.91 Å². The third kappa shape index (κ3) is 4.08. The summed E-state index contributed by atoms with van der Waals surface area (Å²) in [6.07, 6.45) is 3.69. The van der Waals surface area contributed by atoms with Gasteiger partial charge in [0.1, 0.15) is 0 Å². The van der Waals surface area contributed by atoms with Gasteiger partial charge in [0.25, 0.3) is 5.91 Å². The average Bonchev–Trinajstić information content (AvgIpc) is 3.54. The van der Waals surface area contributed by atoms with Crippen molar-refractivity contribution in [3.8, 4) is 34.9 Å². The molecule has 30 heavy (non-hydrogen) atoms. The number of nitrogens with one attached hydrogen (secondary N) is 1. The van der Waals surface area contributed by atoms with Crippen molar-refractivity contribution in [3.63, 3.8) is 0 Å². The van der Waals surface area contributed by atoms with Gasteiger partial charge in [0, 0.05) is 34.4 Å². The minimum Gasteiger partial charge on any atom is -0.396 e. The summed E-state index contributed by atoms with van der Waals surface area (Å²) in [5, 5.41) is 28.1. The Hall–Kier alpha value is -3.91. The van der Waals surface area contributed by atoms with E-state index in [1.807, 2.05) is 24.3 Å². The van der Waals surface area contributed by atoms with E-state index in [-0.39, 0.29) is 18.1 Å². The first-order chi connectivity index (χ1) is 14.6. The molecule has 2 heterocycles. The summed E-state index contributed by atoms with van der Waals surface area (Å²) in [6, 6.07) is 10.5. The number of hydrogen-bond acceptors (Lipinski definition) is 5. The van der Waals surface area contributed by atoms with Gasteiger partial charge < -0.3 is 5.11 Å². The first-order valence-corrected chi connectivity index (χ1v) is 9.31. The van der Waals surface area contributed by atoms with Gasteiger partial charge >= 0.3 is 0 Å². The molecule has 1 fully saturated rings. The molecule has 2 atom stereocenters. The summed E-state index contributed by atoms with van der Waals surface area (Å²) < 4.78 is 0.821. The van der Waals surface area contributed by atoms with Crippen molar-refractivity contribution in [2.45, 2.75) is 6.42 Å². The second-order valence-electron chi connectivity index (χ2n) is 7.00. The van der Waals surface area contributed by atoms with E-state index in [1.54, 1.807) is 17.6 Å². The molecule has 1 amide bonds. The van der Waals surface area contributed by atoms with Crippen molar-refractivity contribution >= 4 is 16.8 Å². The van der Waals surface area contributed by atoms with Gasteiger partial charge in [-0.1, -0.05) is 24.0 Å². The number of rotatable bonds is 3. The summed E-state index contributed by atoms with van der Waals surface area (Å²) in [6.45, 7) is 0.179. The third-order valence-corrected chi connectivity index (χ3v) is 4.95. The summed E-state index contributed by atoms with van der Waals surface area (Å²) in [7, 11) is 0. The molecule has 0 spiro atoms. The Balaban J connectivity index is 1.61. The molecule has 0 unspecified atom stereocenters. The van der Waals surface area contributed by atoms with Crippen LogP contribution < -0.4 is 10.2 Å². The molecule has 1 aliphatic rings. The van der Waals surface area contributed by atoms with Gasteiger partial charge in [-0.15, -0.1) is 0 Å². The number of aromatic nitrogens is 2. The molecule has 4 rings (SSSR count). The molecule has 148 valence electrons. The largest absolute Gasteiger partial charge is 0.396 e. The lowest BCUT2D eigenvalue weighted by Gasteiger charge is -2.07. The van der Waals surface area contributed by atoms with Crippen molar-refractivity contribution in [3.05, 3.63) is 59.9 Å². The maximum Gasteiger partial charge on any atom is 0.275 e. The topological polar surface area (TPSA) is 107 Å². The second-order valence-corrected chi connectivity index (χ2v) is 7.00. The Morgan fingerprint density at radius 3 is 2.73 bits per heavy atom. The molecular weight excluding hydrogens is 382 g/mol. The van der Waals surface area contributed by atoms with Crippen LogP contribution in [0.1, 0.15) is 22.3 Å². The van der Waals surface area contributed by atoms with Crippen LogP contribution in [0.3, 0.4) is 0 Å². The maximum atomic E-state index is 12.1. The van der Waals surface area contributed by atoms with E-state index in [2.05, 4.69) is 28.7 Å². The van der Waals surface area contributed by atoms with Crippen molar-refractivity contribution < 1.29 is 25.0 Å². The summed E-state index contributed by atoms with van der Waals surface area (Å²) >= 11 is 0. The van der Waals surface area contributed by atoms with E-state index in [0.29, 0.717) is 22.5 Å². The Morgan fingerprint density at radius 2 is 2.03 bits per heavy atom. The summed E-state index contributed by atoms with van der Waals surface area (Å²) in [5.74, 6) is 11.5. The molecule has 0 aliphatic heterocycles. The fraction of sp³-hybridized carbons (Fsp3) is 0.174. The number of carbonyl (C=O) groups is 1. The average molecular weight is 400 g/mol. The molecule has 7 heteroatoms. The van der Waals surface area contributed by atoms with Gasteiger partial charge in [-0.2, -0.15) is 0 Å². The van der Waals surface area contributed by atoms with Crippen LogP contribution in [0, 0.1) is 35.5 Å². The fourth-order valence-corrected chi connectivity index (χ4v) is 3.14. The van der Waals surface area contributed by atoms with Crippen molar-refractivity contribution in [1.29, 1.82) is 0 Å². The summed E-state index contributed by atoms with van der Waals surface area (Å²) in [4.78, 5) is 16.6. The highest BCUT2D eigenvalue weighted by atomic mass is 16.5. The number of nitrogens with zero attached hydrogens (tertiary/aromatic N) is 2. The number of hydrogen-bond donors (Lipinski definition) is 4. The molecule has 4 N–H and O–H groups in total. The zero-order valence-corrected chi connectivity index (χ0v) is 15.8. The first-order valence-electron chi connectivity index (χ1n) is 9.31. The van der Waals surface area contributed by atoms with Crippen LogP contribution >= 0.6 is 0 Å². The van der Waals surface area contributed by atoms with Crippen LogP contribution in [0.15, 0.2) is 48.8 Å². The maximum absolute atomic E-state index is 12.1. The van der Waals surface area contributed by atoms with Gasteiger partial charge in [0.15, 0.2) is 0 Å². The Bertz CT molecular complexity index is 1250. The molecule has 1 saturated carbocycles. The smallest absolute Gasteiger partial charge is 0.275 e. The lowest BCUT2D eigenvalue weighted by molar-refractivity contribution is -0.904. The number of aliphatic hydroxyl groups is 1. The van der Waals surface area contributed by atoms with Crippen molar-refractivity contribution in [2.24, 2.45) is 11.8 Å². The zero-order chi connectivity index (χ0) is 21.1. The van der Waals surface area contributed by atoms with Gasteiger partial charge in [0.2, 0.25) is 12.4 Å². The normalized spacial score (nSPS) is 16.7. The van der Waals surface area contributed by atoms with E-state index >= 15 is 0 Å². The number of amides is 1. The number of carbonyl (C=O) groups excluding carboxylic acids is 1. The van der Waals surface area contributed by atoms with E-state index in [1.165, 1.54) is 12.4 Å². The standard InChI is InChI=1S/C23H17N3O4/c27-14-18-11-17(18)4-2-1-3-15-5-7-16(8-6-15)22-12-19(23(28)25-29)20-13-26(30)10-9-21(20)24-22/h5-10,12-13,17-18,27H,11,14H2,(H2-,24,25,28,29,30)/p+1/t17-,18-/m1/s1. The highest BCUT2D eigenvalue weighted by molar-refractivity contribution is 6.06. The van der Waals surface area contributed by atoms with Crippen LogP contribution in [0.25, 0.3) is 22.2 Å². The lowest BCUT2D eigenvalue weighted by atomic mass is 10.0. The molecule has 7 nitrogen and oxygen atoms in total. The van der Waals surface area contributed by atoms with Gasteiger partial charge in [-0.05, 0) is 42.4 Å². The van der Waals surface area contributed by atoms with Gasteiger partial charge in [-0.25, -0.2) is 10.5 Å². The molecule has 2 aromatic heterocycles. The third-order valence-electron chi connectivity index (χ3n) is 4.95. The minimum atomic E-state index is -0.699. The Morgan fingerprint density at radius 1 is 1.23 bits per heavy atom. The Labute approximate surface area is 172 Å². The predicted molar refractivity (Wildman–Crippen MR) is 107 cm³/mol. The lowest BCUT2D eigenvalue weighted by Crippen LogP contribution is -2.29. The van der Waals surface area contributed by atoms with E-state index in [0.717, 1.165) is 22.3 Å². The van der Waals surface area contributed by atoms with Crippen molar-refractivity contribution in [1.82, 2.24) is 10.5 Å². The monoisotopic (exact) mass is 400 g/mol. The van der Waals surface area contributed by atoms with Gasteiger partial charge in [-0.3, -0.25) is 15.2 Å². The SMILES string of the molecule is O=C(NO)c1cc(-c2ccc(C#CC#C[C@@H]3C[C@@H]3CO)cc2)nc2cc[n+](O)cc12. The Kier molecular flexibility index (Phi) is 5.32. The molecule has 3 aromatic rings. The predicted octanol–water partition coefficient (Wildman–Crippen LogP) is 1.53. The zero-order valence-electron chi connectivity index (χ0n) is 15.8. The first kappa shape index (κ1) is 19.4. The quantitative estimate of drug-likeness (QED) is 0.175. The number of fused-ring (bicyclic) bond motifs is 1. The van der Waals surface area contributed by atoms with Crippen LogP contribution in [-0.4, -0.2) is 33.0 Å². The van der Waals surface area contributed by atoms with Crippen LogP contribution in [0.5, 0.6) is 0 Å². The highest BCUT2D eigenvalue weighted by Gasteiger charge is 2.34. The number of benzene rings is 1. The highest BCUT2D eigenvalue weighted by Crippen LogP contribution is 2.36. The van der Waals surface area contributed by atoms with Gasteiger partial charge in [0.05, 0.1) is 22.2 Å². The summed E-state index contributed by atoms with van der Waals surface area (Å²) in [5.41, 5.74) is 4.40. The number of aliphatic hydroxyl groups excluding tert-OH is 1. The second kappa shape index (κ2) is 8.22. The molecule has 1 aliphatic carbocycles. The molecule has 0 radical (unpaired) electrons. The van der Waals surface area contributed by atoms with E-state index in [4.69, 9.17) is 10.3 Å². The van der Waals surface area contributed by atoms with Crippen LogP contribution in [0.2, 0.25) is 0 Å². The molecule has 0 bridgehead atoms.